The molecule has 0 spiro atoms. The fourth-order valence-electron chi connectivity index (χ4n) is 3.50. The molecule has 1 saturated heterocycles. The zero-order valence-electron chi connectivity index (χ0n) is 17.1. The summed E-state index contributed by atoms with van der Waals surface area (Å²) in [5.41, 5.74) is 1.17. The number of hydrogen-bond acceptors (Lipinski definition) is 4. The van der Waals surface area contributed by atoms with Crippen molar-refractivity contribution in [1.82, 2.24) is 9.62 Å². The van der Waals surface area contributed by atoms with E-state index in [-0.39, 0.29) is 22.4 Å². The van der Waals surface area contributed by atoms with Crippen LogP contribution in [0.5, 0.6) is 5.75 Å². The van der Waals surface area contributed by atoms with Crippen molar-refractivity contribution in [3.05, 3.63) is 59.7 Å². The first-order valence-corrected chi connectivity index (χ1v) is 11.3. The summed E-state index contributed by atoms with van der Waals surface area (Å²) >= 11 is 0. The number of carbonyl (C=O) groups excluding carboxylic acids is 1. The second-order valence-electron chi connectivity index (χ2n) is 7.55. The fourth-order valence-corrected chi connectivity index (χ4v) is 5.00. The summed E-state index contributed by atoms with van der Waals surface area (Å²) in [5.74, 6) is 0.495. The van der Waals surface area contributed by atoms with Crippen LogP contribution < -0.4 is 10.1 Å². The lowest BCUT2D eigenvalue weighted by molar-refractivity contribution is 0.0936. The second-order valence-corrected chi connectivity index (χ2v) is 9.49. The number of methoxy groups -OCH3 is 1. The van der Waals surface area contributed by atoms with Gasteiger partial charge in [0.05, 0.1) is 23.6 Å². The van der Waals surface area contributed by atoms with Crippen molar-refractivity contribution in [2.24, 2.45) is 5.92 Å². The van der Waals surface area contributed by atoms with Gasteiger partial charge in [-0.05, 0) is 49.4 Å². The van der Waals surface area contributed by atoms with Crippen molar-refractivity contribution < 1.29 is 17.9 Å². The van der Waals surface area contributed by atoms with Gasteiger partial charge in [0.1, 0.15) is 5.75 Å². The Morgan fingerprint density at radius 2 is 1.79 bits per heavy atom. The van der Waals surface area contributed by atoms with Gasteiger partial charge in [-0.15, -0.1) is 0 Å². The van der Waals surface area contributed by atoms with E-state index in [0.29, 0.717) is 24.8 Å². The van der Waals surface area contributed by atoms with E-state index in [1.807, 2.05) is 37.3 Å². The highest BCUT2D eigenvalue weighted by molar-refractivity contribution is 7.89. The zero-order valence-corrected chi connectivity index (χ0v) is 17.9. The van der Waals surface area contributed by atoms with Gasteiger partial charge in [-0.25, -0.2) is 8.42 Å². The van der Waals surface area contributed by atoms with Gasteiger partial charge in [-0.3, -0.25) is 4.79 Å². The van der Waals surface area contributed by atoms with Gasteiger partial charge in [0, 0.05) is 13.1 Å². The molecule has 1 heterocycles. The van der Waals surface area contributed by atoms with Crippen LogP contribution in [0.2, 0.25) is 0 Å². The predicted octanol–water partition coefficient (Wildman–Crippen LogP) is 3.61. The van der Waals surface area contributed by atoms with Crippen molar-refractivity contribution in [2.45, 2.75) is 37.6 Å². The first-order valence-electron chi connectivity index (χ1n) is 9.87. The lowest BCUT2D eigenvalue weighted by Gasteiger charge is -2.29. The third kappa shape index (κ3) is 4.79. The van der Waals surface area contributed by atoms with Crippen LogP contribution in [0.25, 0.3) is 0 Å². The van der Waals surface area contributed by atoms with E-state index in [4.69, 9.17) is 4.74 Å². The molecule has 1 amide bonds. The number of amides is 1. The van der Waals surface area contributed by atoms with Crippen molar-refractivity contribution >= 4 is 15.9 Å². The maximum absolute atomic E-state index is 13.1. The van der Waals surface area contributed by atoms with Crippen LogP contribution in [0, 0.1) is 5.92 Å². The van der Waals surface area contributed by atoms with Gasteiger partial charge in [-0.2, -0.15) is 4.31 Å². The van der Waals surface area contributed by atoms with E-state index in [1.54, 1.807) is 6.07 Å². The molecule has 0 bridgehead atoms. The standard InChI is InChI=1S/C22H28N2O4S/c1-16-11-13-24(14-12-16)29(26,27)19-9-10-21(28-3)20(15-19)22(25)23-17(2)18-7-5-4-6-8-18/h4-10,15-17H,11-14H2,1-3H3,(H,23,25)/t17-/m1/s1. The Hall–Kier alpha value is -2.38. The van der Waals surface area contributed by atoms with E-state index in [0.717, 1.165) is 18.4 Å². The smallest absolute Gasteiger partial charge is 0.255 e. The Balaban J connectivity index is 1.86. The number of hydrogen-bond donors (Lipinski definition) is 1. The summed E-state index contributed by atoms with van der Waals surface area (Å²) in [6.45, 7) is 5.02. The molecule has 1 aliphatic heterocycles. The Kier molecular flexibility index (Phi) is 6.59. The molecule has 1 aliphatic rings. The molecule has 156 valence electrons. The lowest BCUT2D eigenvalue weighted by Crippen LogP contribution is -2.38. The Bertz CT molecular complexity index is 952. The minimum Gasteiger partial charge on any atom is -0.496 e. The van der Waals surface area contributed by atoms with Gasteiger partial charge in [0.15, 0.2) is 0 Å². The molecule has 0 aromatic heterocycles. The van der Waals surface area contributed by atoms with Crippen LogP contribution in [-0.4, -0.2) is 38.8 Å². The lowest BCUT2D eigenvalue weighted by atomic mass is 10.0. The molecule has 0 unspecified atom stereocenters. The number of ether oxygens (including phenoxy) is 1. The van der Waals surface area contributed by atoms with Crippen molar-refractivity contribution in [2.75, 3.05) is 20.2 Å². The number of rotatable bonds is 6. The van der Waals surface area contributed by atoms with Crippen molar-refractivity contribution in [1.29, 1.82) is 0 Å². The Morgan fingerprint density at radius 1 is 1.14 bits per heavy atom. The van der Waals surface area contributed by atoms with Crippen LogP contribution >= 0.6 is 0 Å². The first-order chi connectivity index (χ1) is 13.8. The van der Waals surface area contributed by atoms with Gasteiger partial charge >= 0.3 is 0 Å². The number of piperidine rings is 1. The van der Waals surface area contributed by atoms with Crippen molar-refractivity contribution in [3.63, 3.8) is 0 Å². The topological polar surface area (TPSA) is 75.7 Å². The van der Waals surface area contributed by atoms with E-state index in [1.165, 1.54) is 23.5 Å². The summed E-state index contributed by atoms with van der Waals surface area (Å²) in [6, 6.07) is 13.8. The molecular formula is C22H28N2O4S. The highest BCUT2D eigenvalue weighted by Gasteiger charge is 2.29. The quantitative estimate of drug-likeness (QED) is 0.781. The first kappa shape index (κ1) is 21.3. The van der Waals surface area contributed by atoms with Gasteiger partial charge in [-0.1, -0.05) is 37.3 Å². The average molecular weight is 417 g/mol. The molecule has 1 N–H and O–H groups in total. The summed E-state index contributed by atoms with van der Waals surface area (Å²) in [6.07, 6.45) is 1.69. The van der Waals surface area contributed by atoms with Gasteiger partial charge in [0.25, 0.3) is 5.91 Å². The summed E-state index contributed by atoms with van der Waals surface area (Å²) in [7, 11) is -2.18. The zero-order chi connectivity index (χ0) is 21.0. The third-order valence-electron chi connectivity index (χ3n) is 5.44. The number of nitrogens with zero attached hydrogens (tertiary/aromatic N) is 1. The van der Waals surface area contributed by atoms with Crippen LogP contribution in [0.15, 0.2) is 53.4 Å². The highest BCUT2D eigenvalue weighted by Crippen LogP contribution is 2.28. The molecule has 0 saturated carbocycles. The number of carbonyl (C=O) groups is 1. The molecule has 0 radical (unpaired) electrons. The summed E-state index contributed by atoms with van der Waals surface area (Å²) in [4.78, 5) is 13.0. The largest absolute Gasteiger partial charge is 0.496 e. The Morgan fingerprint density at radius 3 is 2.41 bits per heavy atom. The van der Waals surface area contributed by atoms with E-state index < -0.39 is 10.0 Å². The van der Waals surface area contributed by atoms with E-state index >= 15 is 0 Å². The summed E-state index contributed by atoms with van der Waals surface area (Å²) in [5, 5.41) is 2.92. The molecule has 29 heavy (non-hydrogen) atoms. The number of benzene rings is 2. The molecule has 0 aliphatic carbocycles. The van der Waals surface area contributed by atoms with E-state index in [9.17, 15) is 13.2 Å². The highest BCUT2D eigenvalue weighted by atomic mass is 32.2. The normalized spacial score (nSPS) is 16.9. The van der Waals surface area contributed by atoms with Crippen LogP contribution in [-0.2, 0) is 10.0 Å². The molecule has 2 aromatic rings. The molecule has 7 heteroatoms. The maximum atomic E-state index is 13.1. The minimum absolute atomic E-state index is 0.116. The van der Waals surface area contributed by atoms with Crippen LogP contribution in [0.4, 0.5) is 0 Å². The molecule has 1 atom stereocenters. The van der Waals surface area contributed by atoms with Crippen molar-refractivity contribution in [3.8, 4) is 5.75 Å². The predicted molar refractivity (Wildman–Crippen MR) is 112 cm³/mol. The number of nitrogens with one attached hydrogen (secondary N) is 1. The van der Waals surface area contributed by atoms with Gasteiger partial charge in [0.2, 0.25) is 10.0 Å². The molecular weight excluding hydrogens is 388 g/mol. The Labute approximate surface area is 172 Å². The molecule has 2 aromatic carbocycles. The summed E-state index contributed by atoms with van der Waals surface area (Å²) < 4.78 is 32.9. The van der Waals surface area contributed by atoms with Crippen LogP contribution in [0.1, 0.15) is 48.7 Å². The second kappa shape index (κ2) is 8.97. The van der Waals surface area contributed by atoms with Gasteiger partial charge < -0.3 is 10.1 Å². The molecule has 6 nitrogen and oxygen atoms in total. The average Bonchev–Trinajstić information content (AvgIpc) is 2.74. The maximum Gasteiger partial charge on any atom is 0.255 e. The van der Waals surface area contributed by atoms with Crippen LogP contribution in [0.3, 0.4) is 0 Å². The third-order valence-corrected chi connectivity index (χ3v) is 7.34. The molecule has 1 fully saturated rings. The SMILES string of the molecule is COc1ccc(S(=O)(=O)N2CCC(C)CC2)cc1C(=O)N[C@H](C)c1ccccc1. The minimum atomic E-state index is -3.65. The fraction of sp³-hybridized carbons (Fsp3) is 0.409. The van der Waals surface area contributed by atoms with E-state index in [2.05, 4.69) is 12.2 Å². The number of sulfonamides is 1. The monoisotopic (exact) mass is 416 g/mol. The molecule has 3 rings (SSSR count).